The maximum absolute atomic E-state index is 12.2. The lowest BCUT2D eigenvalue weighted by Crippen LogP contribution is -2.28. The van der Waals surface area contributed by atoms with E-state index in [0.29, 0.717) is 6.42 Å². The van der Waals surface area contributed by atoms with E-state index in [2.05, 4.69) is 10.5 Å². The second kappa shape index (κ2) is 5.86. The number of hydrogen-bond acceptors (Lipinski definition) is 3. The Morgan fingerprint density at radius 1 is 1.40 bits per heavy atom. The first kappa shape index (κ1) is 15.5. The molecule has 4 heteroatoms. The molecule has 3 nitrogen and oxygen atoms in total. The van der Waals surface area contributed by atoms with Crippen LogP contribution in [0.15, 0.2) is 27.7 Å². The first-order chi connectivity index (χ1) is 9.29. The van der Waals surface area contributed by atoms with Crippen LogP contribution in [-0.4, -0.2) is 20.8 Å². The molecule has 2 unspecified atom stereocenters. The third-order valence-electron chi connectivity index (χ3n) is 3.79. The number of allylic oxidation sites excluding steroid dienone is 4. The fraction of sp³-hybridized carbons (Fsp3) is 0.625. The van der Waals surface area contributed by atoms with Crippen molar-refractivity contribution in [3.8, 4) is 0 Å². The van der Waals surface area contributed by atoms with Crippen molar-refractivity contribution in [2.24, 2.45) is 10.3 Å². The summed E-state index contributed by atoms with van der Waals surface area (Å²) < 4.78 is 16.3. The zero-order valence-corrected chi connectivity index (χ0v) is 13.5. The van der Waals surface area contributed by atoms with Crippen LogP contribution in [-0.2, 0) is 16.2 Å². The second-order valence-corrected chi connectivity index (χ2v) is 8.46. The zero-order valence-electron chi connectivity index (χ0n) is 12.7. The Balaban J connectivity index is 2.14. The Morgan fingerprint density at radius 3 is 2.65 bits per heavy atom. The van der Waals surface area contributed by atoms with Gasteiger partial charge < -0.3 is 4.55 Å². The highest BCUT2D eigenvalue weighted by Gasteiger charge is 2.32. The van der Waals surface area contributed by atoms with Gasteiger partial charge in [-0.2, -0.15) is 0 Å². The van der Waals surface area contributed by atoms with Crippen molar-refractivity contribution >= 4 is 22.9 Å². The smallest absolute Gasteiger partial charge is 0.158 e. The van der Waals surface area contributed by atoms with Gasteiger partial charge in [0.2, 0.25) is 0 Å². The normalized spacial score (nSPS) is 26.9. The average molecular weight is 293 g/mol. The van der Waals surface area contributed by atoms with Gasteiger partial charge in [-0.15, -0.1) is 0 Å². The van der Waals surface area contributed by atoms with E-state index in [0.717, 1.165) is 36.1 Å². The molecule has 0 amide bonds. The van der Waals surface area contributed by atoms with Gasteiger partial charge in [-0.25, -0.2) is 0 Å². The molecule has 0 saturated carbocycles. The van der Waals surface area contributed by atoms with Gasteiger partial charge in [0.15, 0.2) is 5.78 Å². The molecule has 0 N–H and O–H groups in total. The third-order valence-corrected chi connectivity index (χ3v) is 5.20. The summed E-state index contributed by atoms with van der Waals surface area (Å²) >= 11 is -1.24. The van der Waals surface area contributed by atoms with Gasteiger partial charge in [0.1, 0.15) is 16.1 Å². The molecule has 0 fully saturated rings. The van der Waals surface area contributed by atoms with Crippen LogP contribution < -0.4 is 0 Å². The first-order valence-corrected chi connectivity index (χ1v) is 8.29. The summed E-state index contributed by atoms with van der Waals surface area (Å²) in [6.07, 6.45) is 7.35. The lowest BCUT2D eigenvalue weighted by molar-refractivity contribution is -0.115. The van der Waals surface area contributed by atoms with Crippen LogP contribution in [0.1, 0.15) is 53.4 Å². The molecule has 0 aromatic rings. The van der Waals surface area contributed by atoms with Gasteiger partial charge in [-0.3, -0.25) is 4.79 Å². The minimum absolute atomic E-state index is 0.217. The molecule has 20 heavy (non-hydrogen) atoms. The molecule has 0 aliphatic heterocycles. The third kappa shape index (κ3) is 3.41. The van der Waals surface area contributed by atoms with Gasteiger partial charge in [0.25, 0.3) is 0 Å². The predicted octanol–water partition coefficient (Wildman–Crippen LogP) is 3.54. The van der Waals surface area contributed by atoms with Crippen LogP contribution in [0, 0.1) is 5.92 Å². The SMILES string of the molecule is CC1=CCC(CC2=CCCC2=O)/C1=N/[S+]([O-])C(C)(C)C. The molecule has 0 heterocycles. The summed E-state index contributed by atoms with van der Waals surface area (Å²) in [6.45, 7) is 7.81. The van der Waals surface area contributed by atoms with E-state index in [-0.39, 0.29) is 16.4 Å². The lowest BCUT2D eigenvalue weighted by Gasteiger charge is -2.20. The van der Waals surface area contributed by atoms with Crippen LogP contribution in [0.4, 0.5) is 0 Å². The van der Waals surface area contributed by atoms with E-state index >= 15 is 0 Å². The molecular weight excluding hydrogens is 270 g/mol. The van der Waals surface area contributed by atoms with E-state index in [9.17, 15) is 9.35 Å². The summed E-state index contributed by atoms with van der Waals surface area (Å²) in [6, 6.07) is 0. The van der Waals surface area contributed by atoms with Gasteiger partial charge in [-0.05, 0) is 58.1 Å². The molecule has 2 aliphatic carbocycles. The highest BCUT2D eigenvalue weighted by molar-refractivity contribution is 7.91. The van der Waals surface area contributed by atoms with Crippen molar-refractivity contribution in [3.05, 3.63) is 23.3 Å². The summed E-state index contributed by atoms with van der Waals surface area (Å²) in [4.78, 5) is 11.7. The highest BCUT2D eigenvalue weighted by Crippen LogP contribution is 2.32. The molecule has 0 saturated heterocycles. The number of rotatable bonds is 3. The molecule has 2 aliphatic rings. The Bertz CT molecular complexity index is 497. The van der Waals surface area contributed by atoms with Crippen LogP contribution in [0.5, 0.6) is 0 Å². The first-order valence-electron chi connectivity index (χ1n) is 7.19. The van der Waals surface area contributed by atoms with Gasteiger partial charge in [-0.1, -0.05) is 16.5 Å². The number of Topliss-reactive ketones (excluding diaryl/α,β-unsaturated/α-hetero) is 1. The Morgan fingerprint density at radius 2 is 2.10 bits per heavy atom. The number of carbonyl (C=O) groups excluding carboxylic acids is 1. The van der Waals surface area contributed by atoms with Crippen molar-refractivity contribution < 1.29 is 9.35 Å². The van der Waals surface area contributed by atoms with E-state index < -0.39 is 11.4 Å². The maximum Gasteiger partial charge on any atom is 0.158 e. The predicted molar refractivity (Wildman–Crippen MR) is 84.1 cm³/mol. The molecule has 0 aromatic heterocycles. The van der Waals surface area contributed by atoms with Gasteiger partial charge >= 0.3 is 0 Å². The average Bonchev–Trinajstić information content (AvgIpc) is 2.89. The summed E-state index contributed by atoms with van der Waals surface area (Å²) in [5, 5.41) is 0. The molecule has 0 spiro atoms. The number of carbonyl (C=O) groups is 1. The zero-order chi connectivity index (χ0) is 14.9. The standard InChI is InChI=1S/C16H23NO2S/c1-11-8-9-13(10-12-6-5-7-14(12)18)15(11)17-20(19)16(2,3)4/h6,8,13H,5,7,9-10H2,1-4H3/b17-15+. The van der Waals surface area contributed by atoms with Crippen LogP contribution in [0.2, 0.25) is 0 Å². The Hall–Kier alpha value is -0.870. The number of ketones is 1. The van der Waals surface area contributed by atoms with E-state index in [1.165, 1.54) is 0 Å². The van der Waals surface area contributed by atoms with E-state index in [1.807, 2.05) is 33.8 Å². The lowest BCUT2D eigenvalue weighted by atomic mass is 9.94. The van der Waals surface area contributed by atoms with Crippen molar-refractivity contribution in [2.75, 3.05) is 0 Å². The largest absolute Gasteiger partial charge is 0.591 e. The minimum Gasteiger partial charge on any atom is -0.591 e. The maximum atomic E-state index is 12.2. The molecule has 110 valence electrons. The van der Waals surface area contributed by atoms with Crippen LogP contribution >= 0.6 is 0 Å². The van der Waals surface area contributed by atoms with Crippen molar-refractivity contribution in [2.45, 2.75) is 58.1 Å². The van der Waals surface area contributed by atoms with Crippen molar-refractivity contribution in [1.29, 1.82) is 0 Å². The van der Waals surface area contributed by atoms with Gasteiger partial charge in [0, 0.05) is 12.3 Å². The molecular formula is C16H23NO2S. The summed E-state index contributed by atoms with van der Waals surface area (Å²) in [5.41, 5.74) is 2.98. The number of hydrogen-bond donors (Lipinski definition) is 0. The monoisotopic (exact) mass is 293 g/mol. The Labute approximate surface area is 124 Å². The van der Waals surface area contributed by atoms with Crippen LogP contribution in [0.25, 0.3) is 0 Å². The van der Waals surface area contributed by atoms with Gasteiger partial charge in [0.05, 0.1) is 5.71 Å². The van der Waals surface area contributed by atoms with E-state index in [1.54, 1.807) is 0 Å². The second-order valence-electron chi connectivity index (χ2n) is 6.55. The van der Waals surface area contributed by atoms with Crippen LogP contribution in [0.3, 0.4) is 0 Å². The molecule has 0 radical (unpaired) electrons. The summed E-state index contributed by atoms with van der Waals surface area (Å²) in [7, 11) is 0. The quantitative estimate of drug-likeness (QED) is 0.747. The fourth-order valence-corrected chi connectivity index (χ4v) is 3.27. The number of nitrogens with zero attached hydrogens (tertiary/aromatic N) is 1. The fourth-order valence-electron chi connectivity index (χ4n) is 2.52. The van der Waals surface area contributed by atoms with E-state index in [4.69, 9.17) is 0 Å². The highest BCUT2D eigenvalue weighted by atomic mass is 32.2. The molecule has 0 bridgehead atoms. The van der Waals surface area contributed by atoms with Crippen molar-refractivity contribution in [3.63, 3.8) is 0 Å². The molecule has 2 atom stereocenters. The Kier molecular flexibility index (Phi) is 4.55. The molecule has 2 rings (SSSR count). The summed E-state index contributed by atoms with van der Waals surface area (Å²) in [5.74, 6) is 0.487. The van der Waals surface area contributed by atoms with Crippen molar-refractivity contribution in [1.82, 2.24) is 0 Å². The topological polar surface area (TPSA) is 52.5 Å². The molecule has 0 aromatic carbocycles. The minimum atomic E-state index is -1.24.